The first kappa shape index (κ1) is 7.42. The zero-order valence-corrected chi connectivity index (χ0v) is 11.3. The van der Waals surface area contributed by atoms with Crippen molar-refractivity contribution in [3.05, 3.63) is 0 Å². The standard InChI is InChI=1S/C4H9.BrH.Hg/c1-3-4-2;;/h1,3-4H2,2H3;1H;/q;;+1/p-1. The van der Waals surface area contributed by atoms with Crippen molar-refractivity contribution >= 4 is 11.9 Å². The zero-order chi connectivity index (χ0) is 4.83. The van der Waals surface area contributed by atoms with Crippen LogP contribution < -0.4 is 0 Å². The van der Waals surface area contributed by atoms with Crippen LogP contribution in [0.25, 0.3) is 0 Å². The maximum absolute atomic E-state index is 3.57. The summed E-state index contributed by atoms with van der Waals surface area (Å²) in [6.45, 7) is 2.25. The van der Waals surface area contributed by atoms with Gasteiger partial charge in [-0.25, -0.2) is 0 Å². The molecule has 0 aromatic carbocycles. The fourth-order valence-electron chi connectivity index (χ4n) is 0.344. The van der Waals surface area contributed by atoms with Crippen LogP contribution in [0.15, 0.2) is 0 Å². The molecule has 0 spiro atoms. The van der Waals surface area contributed by atoms with Crippen molar-refractivity contribution in [1.29, 1.82) is 0 Å². The van der Waals surface area contributed by atoms with Gasteiger partial charge in [-0.1, -0.05) is 0 Å². The van der Waals surface area contributed by atoms with Gasteiger partial charge in [-0.3, -0.25) is 0 Å². The Kier molecular flexibility index (Phi) is 7.93. The van der Waals surface area contributed by atoms with Gasteiger partial charge < -0.3 is 0 Å². The summed E-state index contributed by atoms with van der Waals surface area (Å²) in [5.74, 6) is 0. The molecule has 0 amide bonds. The second kappa shape index (κ2) is 6.42. The average Bonchev–Trinajstić information content (AvgIpc) is 1.61. The van der Waals surface area contributed by atoms with Crippen LogP contribution in [0, 0.1) is 0 Å². The number of halogens is 1. The van der Waals surface area contributed by atoms with Gasteiger partial charge in [-0.2, -0.15) is 0 Å². The number of hydrogen-bond donors (Lipinski definition) is 0. The molecule has 0 fully saturated rings. The molecule has 0 N–H and O–H groups in total. The summed E-state index contributed by atoms with van der Waals surface area (Å²) in [4.78, 5) is 0. The molecule has 2 heteroatoms. The van der Waals surface area contributed by atoms with Crippen LogP contribution in [-0.4, -0.2) is 0 Å². The number of hydrogen-bond acceptors (Lipinski definition) is 0. The quantitative estimate of drug-likeness (QED) is 0.548. The molecule has 0 atom stereocenters. The first-order valence-electron chi connectivity index (χ1n) is 2.47. The van der Waals surface area contributed by atoms with Crippen molar-refractivity contribution in [3.63, 3.8) is 0 Å². The van der Waals surface area contributed by atoms with E-state index in [1.807, 2.05) is 0 Å². The summed E-state index contributed by atoms with van der Waals surface area (Å²) < 4.78 is 1.55. The molecule has 0 saturated carbocycles. The average molecular weight is 338 g/mol. The Morgan fingerprint density at radius 3 is 2.50 bits per heavy atom. The van der Waals surface area contributed by atoms with Crippen molar-refractivity contribution in [2.24, 2.45) is 0 Å². The second-order valence-electron chi connectivity index (χ2n) is 1.40. The molecular formula is C4H9BrHg. The van der Waals surface area contributed by atoms with Gasteiger partial charge >= 0.3 is 57.7 Å². The van der Waals surface area contributed by atoms with Gasteiger partial charge in [0.25, 0.3) is 0 Å². The Morgan fingerprint density at radius 1 is 1.67 bits per heavy atom. The van der Waals surface area contributed by atoms with E-state index in [1.54, 1.807) is 3.93 Å². The Labute approximate surface area is 57.4 Å². The SMILES string of the molecule is CCC[CH2][Hg][Br]. The second-order valence-corrected chi connectivity index (χ2v) is 12.6. The van der Waals surface area contributed by atoms with Crippen LogP contribution in [0.5, 0.6) is 0 Å². The van der Waals surface area contributed by atoms with Crippen molar-refractivity contribution in [3.8, 4) is 0 Å². The predicted molar refractivity (Wildman–Crippen MR) is 28.6 cm³/mol. The van der Waals surface area contributed by atoms with Crippen molar-refractivity contribution in [2.75, 3.05) is 0 Å². The van der Waals surface area contributed by atoms with Crippen LogP contribution in [0.2, 0.25) is 3.93 Å². The Morgan fingerprint density at radius 2 is 2.33 bits per heavy atom. The molecule has 0 bridgehead atoms. The molecule has 0 unspecified atom stereocenters. The molecule has 0 nitrogen and oxygen atoms in total. The van der Waals surface area contributed by atoms with Crippen LogP contribution in [0.1, 0.15) is 19.8 Å². The molecule has 0 aromatic rings. The molecule has 6 heavy (non-hydrogen) atoms. The molecule has 0 aromatic heterocycles. The van der Waals surface area contributed by atoms with Gasteiger partial charge in [0, 0.05) is 0 Å². The van der Waals surface area contributed by atoms with E-state index < -0.39 is 0 Å². The van der Waals surface area contributed by atoms with E-state index in [0.29, 0.717) is 0 Å². The van der Waals surface area contributed by atoms with Gasteiger partial charge in [0.15, 0.2) is 0 Å². The third kappa shape index (κ3) is 5.42. The van der Waals surface area contributed by atoms with Gasteiger partial charge in [0.2, 0.25) is 0 Å². The topological polar surface area (TPSA) is 0 Å². The first-order chi connectivity index (χ1) is 2.91. The van der Waals surface area contributed by atoms with Crippen molar-refractivity contribution < 1.29 is 22.1 Å². The summed E-state index contributed by atoms with van der Waals surface area (Å²) in [7, 11) is 0. The Hall–Kier alpha value is 1.42. The monoisotopic (exact) mass is 338 g/mol. The van der Waals surface area contributed by atoms with Crippen LogP contribution >= 0.6 is 11.9 Å². The van der Waals surface area contributed by atoms with Gasteiger partial charge in [0.05, 0.1) is 0 Å². The van der Waals surface area contributed by atoms with Crippen LogP contribution in [0.4, 0.5) is 0 Å². The van der Waals surface area contributed by atoms with Crippen LogP contribution in [-0.2, 0) is 22.1 Å². The van der Waals surface area contributed by atoms with E-state index in [9.17, 15) is 0 Å². The van der Waals surface area contributed by atoms with Gasteiger partial charge in [0.1, 0.15) is 0 Å². The summed E-state index contributed by atoms with van der Waals surface area (Å²) in [6.07, 6.45) is 2.85. The molecular weight excluding hydrogens is 329 g/mol. The first-order valence-corrected chi connectivity index (χ1v) is 18.3. The van der Waals surface area contributed by atoms with Crippen molar-refractivity contribution in [1.82, 2.24) is 0 Å². The molecule has 0 aliphatic rings. The number of rotatable bonds is 3. The molecule has 0 rings (SSSR count). The van der Waals surface area contributed by atoms with Crippen molar-refractivity contribution in [2.45, 2.75) is 23.7 Å². The molecule has 0 saturated heterocycles. The van der Waals surface area contributed by atoms with Crippen LogP contribution in [0.3, 0.4) is 0 Å². The summed E-state index contributed by atoms with van der Waals surface area (Å²) in [5, 5.41) is 0. The zero-order valence-electron chi connectivity index (χ0n) is 4.21. The Bertz CT molecular complexity index is 19.5. The third-order valence-corrected chi connectivity index (χ3v) is 8.64. The fraction of sp³-hybridized carbons (Fsp3) is 1.00. The van der Waals surface area contributed by atoms with E-state index in [0.717, 1.165) is 0 Å². The third-order valence-electron chi connectivity index (χ3n) is 0.737. The van der Waals surface area contributed by atoms with Gasteiger partial charge in [-0.05, 0) is 0 Å². The van der Waals surface area contributed by atoms with Gasteiger partial charge in [-0.15, -0.1) is 0 Å². The fourth-order valence-corrected chi connectivity index (χ4v) is 6.50. The molecule has 0 aliphatic carbocycles. The summed E-state index contributed by atoms with van der Waals surface area (Å²) in [5.41, 5.74) is 0. The maximum atomic E-state index is 3.57. The minimum absolute atomic E-state index is 0.356. The van der Waals surface area contributed by atoms with E-state index >= 15 is 0 Å². The molecule has 0 heterocycles. The van der Waals surface area contributed by atoms with E-state index in [4.69, 9.17) is 0 Å². The van der Waals surface area contributed by atoms with E-state index in [2.05, 4.69) is 18.8 Å². The van der Waals surface area contributed by atoms with E-state index in [1.165, 1.54) is 12.8 Å². The van der Waals surface area contributed by atoms with E-state index in [-0.39, 0.29) is 22.1 Å². The Balaban J connectivity index is 2.34. The molecule has 0 aliphatic heterocycles. The summed E-state index contributed by atoms with van der Waals surface area (Å²) in [6, 6.07) is 0. The summed E-state index contributed by atoms with van der Waals surface area (Å²) >= 11 is 3.22. The predicted octanol–water partition coefficient (Wildman–Crippen LogP) is 2.60. The minimum atomic E-state index is -0.356. The number of unbranched alkanes of at least 4 members (excludes halogenated alkanes) is 1. The molecule has 0 radical (unpaired) electrons. The normalized spacial score (nSPS) is 7.67. The molecule has 34 valence electrons.